The summed E-state index contributed by atoms with van der Waals surface area (Å²) in [6.07, 6.45) is 0. The average Bonchev–Trinajstić information content (AvgIpc) is 2.71. The minimum absolute atomic E-state index is 0.0398. The van der Waals surface area contributed by atoms with Crippen LogP contribution in [0.4, 0.5) is 5.69 Å². The molecule has 0 aromatic heterocycles. The maximum atomic E-state index is 12.9. The number of carbonyl (C=O) groups is 1. The molecule has 0 fully saturated rings. The molecule has 162 valence electrons. The van der Waals surface area contributed by atoms with Crippen LogP contribution in [-0.2, 0) is 10.0 Å². The van der Waals surface area contributed by atoms with Gasteiger partial charge in [-0.2, -0.15) is 0 Å². The van der Waals surface area contributed by atoms with E-state index in [-0.39, 0.29) is 27.4 Å². The van der Waals surface area contributed by atoms with Crippen molar-refractivity contribution in [1.29, 1.82) is 0 Å². The molecule has 0 heterocycles. The summed E-state index contributed by atoms with van der Waals surface area (Å²) in [5.41, 5.74) is 5.07. The predicted molar refractivity (Wildman–Crippen MR) is 125 cm³/mol. The van der Waals surface area contributed by atoms with Gasteiger partial charge in [0.15, 0.2) is 0 Å². The van der Waals surface area contributed by atoms with Gasteiger partial charge in [0.1, 0.15) is 4.90 Å². The molecule has 1 amide bonds. The Bertz CT molecular complexity index is 1230. The van der Waals surface area contributed by atoms with Crippen molar-refractivity contribution < 1.29 is 13.2 Å². The first kappa shape index (κ1) is 22.8. The van der Waals surface area contributed by atoms with Gasteiger partial charge >= 0.3 is 0 Å². The van der Waals surface area contributed by atoms with E-state index >= 15 is 0 Å². The van der Waals surface area contributed by atoms with Crippen LogP contribution >= 0.6 is 11.6 Å². The minimum Gasteiger partial charge on any atom is -0.346 e. The highest BCUT2D eigenvalue weighted by molar-refractivity contribution is 7.92. The van der Waals surface area contributed by atoms with Crippen molar-refractivity contribution >= 4 is 33.2 Å². The number of aryl methyl sites for hydroxylation is 3. The normalized spacial score (nSPS) is 12.3. The number of sulfonamides is 1. The highest BCUT2D eigenvalue weighted by Gasteiger charge is 2.21. The first-order valence-corrected chi connectivity index (χ1v) is 11.7. The fourth-order valence-corrected chi connectivity index (χ4v) is 4.96. The smallest absolute Gasteiger partial charge is 0.263 e. The summed E-state index contributed by atoms with van der Waals surface area (Å²) in [5, 5.41) is 2.99. The first-order valence-electron chi connectivity index (χ1n) is 9.84. The predicted octanol–water partition coefficient (Wildman–Crippen LogP) is 5.56. The molecule has 7 heteroatoms. The van der Waals surface area contributed by atoms with Crippen LogP contribution in [0.5, 0.6) is 0 Å². The van der Waals surface area contributed by atoms with E-state index in [1.54, 1.807) is 30.3 Å². The van der Waals surface area contributed by atoms with E-state index in [2.05, 4.69) is 29.1 Å². The summed E-state index contributed by atoms with van der Waals surface area (Å²) >= 11 is 6.16. The van der Waals surface area contributed by atoms with Crippen LogP contribution in [0, 0.1) is 20.8 Å². The molecule has 0 aliphatic rings. The Morgan fingerprint density at radius 2 is 1.55 bits per heavy atom. The average molecular weight is 457 g/mol. The number of carbonyl (C=O) groups excluding carboxylic acids is 1. The van der Waals surface area contributed by atoms with Gasteiger partial charge in [0, 0.05) is 11.3 Å². The second-order valence-electron chi connectivity index (χ2n) is 7.60. The monoisotopic (exact) mass is 456 g/mol. The lowest BCUT2D eigenvalue weighted by Crippen LogP contribution is -2.27. The molecule has 0 radical (unpaired) electrons. The summed E-state index contributed by atoms with van der Waals surface area (Å²) in [5.74, 6) is -0.377. The Balaban J connectivity index is 1.85. The number of anilines is 1. The zero-order valence-electron chi connectivity index (χ0n) is 17.9. The quantitative estimate of drug-likeness (QED) is 0.510. The van der Waals surface area contributed by atoms with Crippen LogP contribution in [0.1, 0.15) is 45.6 Å². The second kappa shape index (κ2) is 9.12. The van der Waals surface area contributed by atoms with E-state index in [9.17, 15) is 13.2 Å². The molecule has 0 aliphatic carbocycles. The fraction of sp³-hybridized carbons (Fsp3) is 0.208. The number of para-hydroxylation sites is 1. The lowest BCUT2D eigenvalue weighted by atomic mass is 9.96. The minimum atomic E-state index is -3.96. The number of benzene rings is 3. The Hall–Kier alpha value is -2.83. The Kier molecular flexibility index (Phi) is 6.72. The van der Waals surface area contributed by atoms with Crippen molar-refractivity contribution in [1.82, 2.24) is 5.32 Å². The van der Waals surface area contributed by atoms with Crippen LogP contribution in [0.25, 0.3) is 0 Å². The maximum Gasteiger partial charge on any atom is 0.263 e. The van der Waals surface area contributed by atoms with E-state index in [4.69, 9.17) is 11.6 Å². The van der Waals surface area contributed by atoms with Gasteiger partial charge in [0.25, 0.3) is 15.9 Å². The van der Waals surface area contributed by atoms with Crippen molar-refractivity contribution in [3.8, 4) is 0 Å². The standard InChI is InChI=1S/C24H25ClN2O3S/c1-15-12-17(3)21(13-16(15)2)18(4)26-24(28)19-10-11-22(25)23(14-19)31(29,30)27-20-8-6-5-7-9-20/h5-14,18,27H,1-4H3,(H,26,28). The highest BCUT2D eigenvalue weighted by atomic mass is 35.5. The van der Waals surface area contributed by atoms with Gasteiger partial charge in [-0.15, -0.1) is 0 Å². The van der Waals surface area contributed by atoms with E-state index in [1.165, 1.54) is 23.8 Å². The van der Waals surface area contributed by atoms with Crippen molar-refractivity contribution in [3.05, 3.63) is 93.5 Å². The third-order valence-electron chi connectivity index (χ3n) is 5.21. The van der Waals surface area contributed by atoms with Crippen LogP contribution in [-0.4, -0.2) is 14.3 Å². The van der Waals surface area contributed by atoms with Gasteiger partial charge in [0.2, 0.25) is 0 Å². The molecule has 0 spiro atoms. The molecule has 3 aromatic rings. The van der Waals surface area contributed by atoms with E-state index in [0.717, 1.165) is 16.7 Å². The van der Waals surface area contributed by atoms with Crippen molar-refractivity contribution in [3.63, 3.8) is 0 Å². The molecule has 31 heavy (non-hydrogen) atoms. The lowest BCUT2D eigenvalue weighted by molar-refractivity contribution is 0.0939. The Morgan fingerprint density at radius 3 is 2.23 bits per heavy atom. The second-order valence-corrected chi connectivity index (χ2v) is 9.66. The largest absolute Gasteiger partial charge is 0.346 e. The molecule has 0 aliphatic heterocycles. The lowest BCUT2D eigenvalue weighted by Gasteiger charge is -2.19. The number of hydrogen-bond donors (Lipinski definition) is 2. The third kappa shape index (κ3) is 5.27. The molecular formula is C24H25ClN2O3S. The van der Waals surface area contributed by atoms with E-state index in [0.29, 0.717) is 5.69 Å². The summed E-state index contributed by atoms with van der Waals surface area (Å²) in [7, 11) is -3.96. The molecule has 0 bridgehead atoms. The Labute approximate surface area is 188 Å². The topological polar surface area (TPSA) is 75.3 Å². The third-order valence-corrected chi connectivity index (χ3v) is 7.07. The zero-order chi connectivity index (χ0) is 22.8. The maximum absolute atomic E-state index is 12.9. The number of hydrogen-bond acceptors (Lipinski definition) is 3. The SMILES string of the molecule is Cc1cc(C)c(C(C)NC(=O)c2ccc(Cl)c(S(=O)(=O)Nc3ccccc3)c2)cc1C. The number of halogens is 1. The van der Waals surface area contributed by atoms with Crippen LogP contribution in [0.15, 0.2) is 65.6 Å². The van der Waals surface area contributed by atoms with Gasteiger partial charge in [-0.05, 0) is 80.3 Å². The molecule has 3 aromatic carbocycles. The molecule has 0 saturated heterocycles. The molecular weight excluding hydrogens is 432 g/mol. The van der Waals surface area contributed by atoms with Gasteiger partial charge in [-0.25, -0.2) is 8.42 Å². The van der Waals surface area contributed by atoms with Crippen molar-refractivity contribution in [2.24, 2.45) is 0 Å². The fourth-order valence-electron chi connectivity index (χ4n) is 3.37. The summed E-state index contributed by atoms with van der Waals surface area (Å²) in [6.45, 7) is 7.99. The summed E-state index contributed by atoms with van der Waals surface area (Å²) in [6, 6.07) is 16.6. The number of nitrogens with one attached hydrogen (secondary N) is 2. The first-order chi connectivity index (χ1) is 14.6. The van der Waals surface area contributed by atoms with E-state index < -0.39 is 10.0 Å². The van der Waals surface area contributed by atoms with Crippen LogP contribution < -0.4 is 10.0 Å². The van der Waals surface area contributed by atoms with Crippen LogP contribution in [0.3, 0.4) is 0 Å². The molecule has 0 saturated carbocycles. The van der Waals surface area contributed by atoms with Crippen molar-refractivity contribution in [2.75, 3.05) is 4.72 Å². The summed E-state index contributed by atoms with van der Waals surface area (Å²) < 4.78 is 28.1. The number of amides is 1. The Morgan fingerprint density at radius 1 is 0.903 bits per heavy atom. The molecule has 3 rings (SSSR count). The van der Waals surface area contributed by atoms with Gasteiger partial charge in [-0.3, -0.25) is 9.52 Å². The summed E-state index contributed by atoms with van der Waals surface area (Å²) in [4.78, 5) is 12.7. The number of rotatable bonds is 6. The molecule has 1 atom stereocenters. The van der Waals surface area contributed by atoms with Crippen LogP contribution in [0.2, 0.25) is 5.02 Å². The molecule has 1 unspecified atom stereocenters. The molecule has 2 N–H and O–H groups in total. The van der Waals surface area contributed by atoms with E-state index in [1.807, 2.05) is 20.8 Å². The zero-order valence-corrected chi connectivity index (χ0v) is 19.4. The van der Waals surface area contributed by atoms with Crippen molar-refractivity contribution in [2.45, 2.75) is 38.6 Å². The van der Waals surface area contributed by atoms with Gasteiger partial charge < -0.3 is 5.32 Å². The highest BCUT2D eigenvalue weighted by Crippen LogP contribution is 2.26. The van der Waals surface area contributed by atoms with Gasteiger partial charge in [0.05, 0.1) is 11.1 Å². The van der Waals surface area contributed by atoms with Gasteiger partial charge in [-0.1, -0.05) is 41.9 Å². The molecule has 5 nitrogen and oxygen atoms in total.